The number of aryl methyl sites for hydroxylation is 1. The third-order valence-electron chi connectivity index (χ3n) is 5.56. The molecule has 2 rings (SSSR count). The number of hydrogen-bond acceptors (Lipinski definition) is 5. The molecular weight excluding hydrogens is 450 g/mol. The lowest BCUT2D eigenvalue weighted by atomic mass is 10.0. The van der Waals surface area contributed by atoms with Crippen molar-refractivity contribution >= 4 is 23.5 Å². The first kappa shape index (κ1) is 27.4. The number of nitrogens with zero attached hydrogens (tertiary/aromatic N) is 1. The van der Waals surface area contributed by atoms with E-state index < -0.39 is 17.3 Å². The Balaban J connectivity index is 1.90. The molecule has 34 heavy (non-hydrogen) atoms. The van der Waals surface area contributed by atoms with E-state index in [1.165, 1.54) is 62.3 Å². The monoisotopic (exact) mass is 483 g/mol. The van der Waals surface area contributed by atoms with Crippen molar-refractivity contribution in [3.63, 3.8) is 0 Å². The van der Waals surface area contributed by atoms with Gasteiger partial charge in [0.2, 0.25) is 0 Å². The fourth-order valence-electron chi connectivity index (χ4n) is 3.45. The minimum atomic E-state index is -0.829. The molecule has 0 amide bonds. The maximum atomic E-state index is 12.6. The summed E-state index contributed by atoms with van der Waals surface area (Å²) in [4.78, 5) is 24.6. The van der Waals surface area contributed by atoms with Gasteiger partial charge in [0, 0.05) is 0 Å². The number of unbranched alkanes of at least 4 members (excludes halogenated alkanes) is 6. The van der Waals surface area contributed by atoms with Gasteiger partial charge < -0.3 is 9.47 Å². The Bertz CT molecular complexity index is 979. The quantitative estimate of drug-likeness (QED) is 0.130. The van der Waals surface area contributed by atoms with Gasteiger partial charge in [0.25, 0.3) is 0 Å². The third-order valence-corrected chi connectivity index (χ3v) is 6.24. The normalized spacial score (nSPS) is 11.6. The number of halogens is 1. The van der Waals surface area contributed by atoms with Gasteiger partial charge in [-0.25, -0.2) is 4.79 Å². The second-order valence-electron chi connectivity index (χ2n) is 8.79. The van der Waals surface area contributed by atoms with Gasteiger partial charge in [-0.1, -0.05) is 71.4 Å². The van der Waals surface area contributed by atoms with Gasteiger partial charge in [-0.15, -0.1) is 11.6 Å². The largest absolute Gasteiger partial charge is 0.424 e. The molecule has 0 saturated heterocycles. The van der Waals surface area contributed by atoms with Crippen LogP contribution >= 0.6 is 11.6 Å². The van der Waals surface area contributed by atoms with E-state index >= 15 is 0 Å². The first-order valence-corrected chi connectivity index (χ1v) is 12.5. The number of ether oxygens (including phenoxy) is 2. The molecule has 1 unspecified atom stereocenters. The van der Waals surface area contributed by atoms with Crippen molar-refractivity contribution in [3.05, 3.63) is 59.2 Å². The van der Waals surface area contributed by atoms with Crippen LogP contribution in [0.1, 0.15) is 87.2 Å². The SMILES string of the molecule is CCCCCCCCCc1ccc(OC(=O)c2ccc(OC(=O)C(Cl)C(C)C)c(C#N)c2)cc1. The Labute approximate surface area is 208 Å². The fraction of sp³-hybridized carbons (Fsp3) is 0.464. The van der Waals surface area contributed by atoms with Gasteiger partial charge in [-0.2, -0.15) is 5.26 Å². The number of esters is 2. The van der Waals surface area contributed by atoms with Crippen LogP contribution in [0.15, 0.2) is 42.5 Å². The van der Waals surface area contributed by atoms with E-state index in [0.717, 1.165) is 12.8 Å². The smallest absolute Gasteiger partial charge is 0.343 e. The van der Waals surface area contributed by atoms with Crippen LogP contribution in [0.2, 0.25) is 0 Å². The molecule has 0 aliphatic rings. The minimum Gasteiger partial charge on any atom is -0.424 e. The molecule has 0 aliphatic heterocycles. The Kier molecular flexibility index (Phi) is 11.6. The Morgan fingerprint density at radius 2 is 1.59 bits per heavy atom. The van der Waals surface area contributed by atoms with Crippen molar-refractivity contribution < 1.29 is 19.1 Å². The highest BCUT2D eigenvalue weighted by Gasteiger charge is 2.23. The molecule has 0 fully saturated rings. The fourth-order valence-corrected chi connectivity index (χ4v) is 3.49. The predicted octanol–water partition coefficient (Wildman–Crippen LogP) is 7.24. The molecule has 0 spiro atoms. The molecule has 0 bridgehead atoms. The summed E-state index contributed by atoms with van der Waals surface area (Å²) < 4.78 is 10.7. The van der Waals surface area contributed by atoms with Crippen molar-refractivity contribution in [1.29, 1.82) is 5.26 Å². The zero-order chi connectivity index (χ0) is 24.9. The second kappa shape index (κ2) is 14.4. The van der Waals surface area contributed by atoms with Gasteiger partial charge in [0.15, 0.2) is 0 Å². The van der Waals surface area contributed by atoms with E-state index in [-0.39, 0.29) is 22.8 Å². The van der Waals surface area contributed by atoms with Crippen molar-refractivity contribution in [2.45, 2.75) is 77.5 Å². The third kappa shape index (κ3) is 8.83. The van der Waals surface area contributed by atoms with Crippen LogP contribution in [0.4, 0.5) is 0 Å². The summed E-state index contributed by atoms with van der Waals surface area (Å²) in [6, 6.07) is 13.7. The van der Waals surface area contributed by atoms with E-state index in [2.05, 4.69) is 6.92 Å². The molecule has 1 atom stereocenters. The summed E-state index contributed by atoms with van der Waals surface area (Å²) in [6.07, 6.45) is 9.90. The average molecular weight is 484 g/mol. The number of carbonyl (C=O) groups excluding carboxylic acids is 2. The highest BCUT2D eigenvalue weighted by Crippen LogP contribution is 2.23. The molecule has 2 aromatic rings. The molecule has 0 heterocycles. The standard InChI is InChI=1S/C28H34ClNO4/c1-4-5-6-7-8-9-10-11-21-12-15-24(16-13-21)33-27(31)22-14-17-25(23(18-22)19-30)34-28(32)26(29)20(2)3/h12-18,20,26H,4-11H2,1-3H3. The number of carbonyl (C=O) groups is 2. The maximum Gasteiger partial charge on any atom is 0.343 e. The molecule has 0 radical (unpaired) electrons. The van der Waals surface area contributed by atoms with Gasteiger partial charge in [-0.3, -0.25) is 4.79 Å². The number of benzene rings is 2. The first-order valence-electron chi connectivity index (χ1n) is 12.1. The molecule has 0 aromatic heterocycles. The van der Waals surface area contributed by atoms with Crippen molar-refractivity contribution in [2.24, 2.45) is 5.92 Å². The minimum absolute atomic E-state index is 0.0560. The Morgan fingerprint density at radius 3 is 2.21 bits per heavy atom. The summed E-state index contributed by atoms with van der Waals surface area (Å²) in [6.45, 7) is 5.82. The molecule has 6 heteroatoms. The van der Waals surface area contributed by atoms with Crippen LogP contribution in [0.3, 0.4) is 0 Å². The van der Waals surface area contributed by atoms with E-state index in [9.17, 15) is 14.9 Å². The van der Waals surface area contributed by atoms with Crippen LogP contribution in [0, 0.1) is 17.2 Å². The second-order valence-corrected chi connectivity index (χ2v) is 9.26. The average Bonchev–Trinajstić information content (AvgIpc) is 2.84. The maximum absolute atomic E-state index is 12.6. The van der Waals surface area contributed by atoms with Gasteiger partial charge in [0.05, 0.1) is 11.1 Å². The zero-order valence-corrected chi connectivity index (χ0v) is 21.1. The number of rotatable bonds is 13. The van der Waals surface area contributed by atoms with E-state index in [4.69, 9.17) is 21.1 Å². The van der Waals surface area contributed by atoms with E-state index in [1.807, 2.05) is 18.2 Å². The topological polar surface area (TPSA) is 76.4 Å². The molecule has 0 aliphatic carbocycles. The van der Waals surface area contributed by atoms with Crippen LogP contribution < -0.4 is 9.47 Å². The first-order chi connectivity index (χ1) is 16.3. The summed E-state index contributed by atoms with van der Waals surface area (Å²) in [5, 5.41) is 8.59. The lowest BCUT2D eigenvalue weighted by molar-refractivity contribution is -0.134. The van der Waals surface area contributed by atoms with Crippen LogP contribution in [0.5, 0.6) is 11.5 Å². The lowest BCUT2D eigenvalue weighted by Gasteiger charge is -2.13. The van der Waals surface area contributed by atoms with Gasteiger partial charge in [-0.05, 0) is 54.7 Å². The van der Waals surface area contributed by atoms with Gasteiger partial charge in [0.1, 0.15) is 22.9 Å². The Hall–Kier alpha value is -2.84. The van der Waals surface area contributed by atoms with E-state index in [1.54, 1.807) is 26.0 Å². The summed E-state index contributed by atoms with van der Waals surface area (Å²) >= 11 is 6.02. The summed E-state index contributed by atoms with van der Waals surface area (Å²) in [7, 11) is 0. The summed E-state index contributed by atoms with van der Waals surface area (Å²) in [5.74, 6) is -0.850. The summed E-state index contributed by atoms with van der Waals surface area (Å²) in [5.41, 5.74) is 1.46. The number of alkyl halides is 1. The molecule has 182 valence electrons. The highest BCUT2D eigenvalue weighted by molar-refractivity contribution is 6.30. The predicted molar refractivity (Wildman–Crippen MR) is 134 cm³/mol. The number of hydrogen-bond donors (Lipinski definition) is 0. The lowest BCUT2D eigenvalue weighted by Crippen LogP contribution is -2.25. The number of nitriles is 1. The molecular formula is C28H34ClNO4. The molecule has 0 saturated carbocycles. The molecule has 0 N–H and O–H groups in total. The van der Waals surface area contributed by atoms with Crippen molar-refractivity contribution in [3.8, 4) is 17.6 Å². The highest BCUT2D eigenvalue weighted by atomic mass is 35.5. The van der Waals surface area contributed by atoms with Crippen molar-refractivity contribution in [2.75, 3.05) is 0 Å². The van der Waals surface area contributed by atoms with Crippen molar-refractivity contribution in [1.82, 2.24) is 0 Å². The molecule has 2 aromatic carbocycles. The van der Waals surface area contributed by atoms with E-state index in [0.29, 0.717) is 5.75 Å². The zero-order valence-electron chi connectivity index (χ0n) is 20.3. The van der Waals surface area contributed by atoms with Gasteiger partial charge >= 0.3 is 11.9 Å². The van der Waals surface area contributed by atoms with Crippen LogP contribution in [-0.2, 0) is 11.2 Å². The van der Waals surface area contributed by atoms with Crippen LogP contribution in [-0.4, -0.2) is 17.3 Å². The Morgan fingerprint density at radius 1 is 0.941 bits per heavy atom. The molecule has 5 nitrogen and oxygen atoms in total. The van der Waals surface area contributed by atoms with Crippen LogP contribution in [0.25, 0.3) is 0 Å².